The summed E-state index contributed by atoms with van der Waals surface area (Å²) in [6.07, 6.45) is 0. The quantitative estimate of drug-likeness (QED) is 0.536. The first kappa shape index (κ1) is 20.3. The van der Waals surface area contributed by atoms with Gasteiger partial charge in [-0.05, 0) is 49.4 Å². The fourth-order valence-electron chi connectivity index (χ4n) is 1.77. The second-order valence-corrected chi connectivity index (χ2v) is 7.51. The molecule has 2 aromatic rings. The number of oxime groups is 1. The number of rotatable bonds is 5. The van der Waals surface area contributed by atoms with Crippen LogP contribution in [-0.2, 0) is 10.0 Å². The third kappa shape index (κ3) is 5.03. The van der Waals surface area contributed by atoms with Crippen LogP contribution in [0.4, 0.5) is 18.9 Å². The molecular weight excluding hydrogens is 416 g/mol. The maximum Gasteiger partial charge on any atom is 0.516 e. The average molecular weight is 427 g/mol. The highest BCUT2D eigenvalue weighted by molar-refractivity contribution is 7.93. The smallest absolute Gasteiger partial charge is 0.357 e. The summed E-state index contributed by atoms with van der Waals surface area (Å²) < 4.78 is 61.9. The molecule has 2 rings (SSSR count). The molecule has 0 amide bonds. The summed E-state index contributed by atoms with van der Waals surface area (Å²) in [5.41, 5.74) is -5.68. The van der Waals surface area contributed by atoms with E-state index in [1.54, 1.807) is 12.1 Å². The highest BCUT2D eigenvalue weighted by Gasteiger charge is 2.46. The lowest BCUT2D eigenvalue weighted by Gasteiger charge is -2.14. The Bertz CT molecular complexity index is 930. The molecule has 0 aliphatic carbocycles. The molecule has 5 nitrogen and oxygen atoms in total. The molecular formula is C15H11Cl2F3N2O3S. The van der Waals surface area contributed by atoms with Crippen LogP contribution in [0.25, 0.3) is 0 Å². The van der Waals surface area contributed by atoms with E-state index in [9.17, 15) is 21.6 Å². The van der Waals surface area contributed by atoms with Crippen LogP contribution in [0.1, 0.15) is 12.5 Å². The van der Waals surface area contributed by atoms with E-state index < -0.39 is 15.5 Å². The molecule has 140 valence electrons. The Balaban J connectivity index is 2.34. The Morgan fingerprint density at radius 2 is 1.65 bits per heavy atom. The van der Waals surface area contributed by atoms with Crippen molar-refractivity contribution in [3.05, 3.63) is 58.1 Å². The topological polar surface area (TPSA) is 67.8 Å². The van der Waals surface area contributed by atoms with Gasteiger partial charge in [0, 0.05) is 15.6 Å². The molecule has 0 aliphatic rings. The molecule has 1 N–H and O–H groups in total. The lowest BCUT2D eigenvalue weighted by Crippen LogP contribution is -2.30. The van der Waals surface area contributed by atoms with Crippen molar-refractivity contribution in [3.8, 4) is 5.75 Å². The molecule has 0 aliphatic heterocycles. The first-order chi connectivity index (χ1) is 12.0. The van der Waals surface area contributed by atoms with Crippen molar-refractivity contribution in [1.29, 1.82) is 0 Å². The van der Waals surface area contributed by atoms with Gasteiger partial charge in [0.1, 0.15) is 0 Å². The van der Waals surface area contributed by atoms with E-state index in [2.05, 4.69) is 5.16 Å². The predicted octanol–water partition coefficient (Wildman–Crippen LogP) is 5.06. The van der Waals surface area contributed by atoms with Crippen molar-refractivity contribution < 1.29 is 26.4 Å². The minimum atomic E-state index is -5.60. The predicted molar refractivity (Wildman–Crippen MR) is 94.3 cm³/mol. The van der Waals surface area contributed by atoms with Gasteiger partial charge in [0.05, 0.1) is 11.4 Å². The third-order valence-corrected chi connectivity index (χ3v) is 4.61. The maximum atomic E-state index is 12.6. The van der Waals surface area contributed by atoms with E-state index in [0.717, 1.165) is 6.07 Å². The van der Waals surface area contributed by atoms with Crippen LogP contribution in [0, 0.1) is 0 Å². The molecule has 0 heterocycles. The number of nitrogens with zero attached hydrogens (tertiary/aromatic N) is 1. The third-order valence-electron chi connectivity index (χ3n) is 3.02. The molecule has 11 heteroatoms. The van der Waals surface area contributed by atoms with Gasteiger partial charge in [0.25, 0.3) is 0 Å². The van der Waals surface area contributed by atoms with Crippen molar-refractivity contribution in [2.24, 2.45) is 5.16 Å². The number of sulfonamides is 1. The zero-order chi connectivity index (χ0) is 19.5. The van der Waals surface area contributed by atoms with E-state index in [1.807, 2.05) is 0 Å². The maximum absolute atomic E-state index is 12.6. The number of nitrogens with one attached hydrogen (secondary N) is 1. The summed E-state index contributed by atoms with van der Waals surface area (Å²) in [4.78, 5) is 5.16. The van der Waals surface area contributed by atoms with Crippen molar-refractivity contribution >= 4 is 44.6 Å². The Hall–Kier alpha value is -1.97. The SMILES string of the molecule is C/C(=N\Oc1ccc(Cl)cc1)c1cc(Cl)ccc1NS(=O)(=O)C(F)(F)F. The first-order valence-corrected chi connectivity index (χ1v) is 9.10. The lowest BCUT2D eigenvalue weighted by molar-refractivity contribution is -0.0429. The van der Waals surface area contributed by atoms with E-state index in [1.165, 1.54) is 35.9 Å². The van der Waals surface area contributed by atoms with Crippen molar-refractivity contribution in [3.63, 3.8) is 0 Å². The van der Waals surface area contributed by atoms with Gasteiger partial charge < -0.3 is 4.84 Å². The molecule has 0 aromatic heterocycles. The van der Waals surface area contributed by atoms with Gasteiger partial charge in [-0.25, -0.2) is 0 Å². The van der Waals surface area contributed by atoms with Crippen LogP contribution < -0.4 is 9.56 Å². The van der Waals surface area contributed by atoms with Crippen LogP contribution >= 0.6 is 23.2 Å². The average Bonchev–Trinajstić information content (AvgIpc) is 2.54. The number of anilines is 1. The molecule has 0 bridgehead atoms. The van der Waals surface area contributed by atoms with Crippen LogP contribution in [0.2, 0.25) is 10.0 Å². The van der Waals surface area contributed by atoms with Gasteiger partial charge in [-0.2, -0.15) is 21.6 Å². The number of hydrogen-bond donors (Lipinski definition) is 1. The van der Waals surface area contributed by atoms with Gasteiger partial charge in [-0.15, -0.1) is 0 Å². The summed E-state index contributed by atoms with van der Waals surface area (Å²) in [7, 11) is -5.60. The molecule has 0 saturated carbocycles. The largest absolute Gasteiger partial charge is 0.516 e. The Morgan fingerprint density at radius 3 is 2.23 bits per heavy atom. The fourth-order valence-corrected chi connectivity index (χ4v) is 2.65. The highest BCUT2D eigenvalue weighted by Crippen LogP contribution is 2.29. The molecule has 26 heavy (non-hydrogen) atoms. The van der Waals surface area contributed by atoms with E-state index in [-0.39, 0.29) is 22.0 Å². The van der Waals surface area contributed by atoms with Gasteiger partial charge >= 0.3 is 15.5 Å². The summed E-state index contributed by atoms with van der Waals surface area (Å²) >= 11 is 11.6. The zero-order valence-electron chi connectivity index (χ0n) is 13.0. The second kappa shape index (κ2) is 7.73. The Labute approximate surface area is 157 Å². The lowest BCUT2D eigenvalue weighted by atomic mass is 10.1. The monoisotopic (exact) mass is 426 g/mol. The molecule has 2 aromatic carbocycles. The molecule has 0 spiro atoms. The van der Waals surface area contributed by atoms with Crippen LogP contribution in [0.3, 0.4) is 0 Å². The number of alkyl halides is 3. The molecule has 0 saturated heterocycles. The second-order valence-electron chi connectivity index (χ2n) is 4.96. The normalized spacial score (nSPS) is 12.8. The summed E-state index contributed by atoms with van der Waals surface area (Å²) in [6, 6.07) is 9.79. The van der Waals surface area contributed by atoms with E-state index in [4.69, 9.17) is 28.0 Å². The first-order valence-electron chi connectivity index (χ1n) is 6.86. The number of hydrogen-bond acceptors (Lipinski definition) is 4. The van der Waals surface area contributed by atoms with Crippen molar-refractivity contribution in [2.75, 3.05) is 4.72 Å². The van der Waals surface area contributed by atoms with Crippen LogP contribution in [0.5, 0.6) is 5.75 Å². The minimum absolute atomic E-state index is 0.0271. The van der Waals surface area contributed by atoms with Gasteiger partial charge in [-0.1, -0.05) is 28.4 Å². The van der Waals surface area contributed by atoms with Gasteiger partial charge in [-0.3, -0.25) is 4.72 Å². The van der Waals surface area contributed by atoms with E-state index >= 15 is 0 Å². The van der Waals surface area contributed by atoms with Crippen LogP contribution in [-0.4, -0.2) is 19.6 Å². The van der Waals surface area contributed by atoms with Gasteiger partial charge in [0.2, 0.25) is 0 Å². The highest BCUT2D eigenvalue weighted by atomic mass is 35.5. The summed E-state index contributed by atoms with van der Waals surface area (Å²) in [5, 5.41) is 4.45. The standard InChI is InChI=1S/C15H11Cl2F3N2O3S/c1-9(21-25-12-5-2-10(16)3-6-12)13-8-11(17)4-7-14(13)22-26(23,24)15(18,19)20/h2-8,22H,1H3/b21-9+. The van der Waals surface area contributed by atoms with E-state index in [0.29, 0.717) is 10.8 Å². The van der Waals surface area contributed by atoms with Crippen LogP contribution in [0.15, 0.2) is 47.6 Å². The molecule has 0 fully saturated rings. The number of benzene rings is 2. The Kier molecular flexibility index (Phi) is 6.05. The number of halogens is 5. The minimum Gasteiger partial charge on any atom is -0.357 e. The zero-order valence-corrected chi connectivity index (χ0v) is 15.3. The summed E-state index contributed by atoms with van der Waals surface area (Å²) in [5.74, 6) is 0.327. The molecule has 0 unspecified atom stereocenters. The Morgan fingerprint density at radius 1 is 1.08 bits per heavy atom. The van der Waals surface area contributed by atoms with Crippen molar-refractivity contribution in [2.45, 2.75) is 12.4 Å². The van der Waals surface area contributed by atoms with Gasteiger partial charge in [0.15, 0.2) is 5.75 Å². The fraction of sp³-hybridized carbons (Fsp3) is 0.133. The molecule has 0 atom stereocenters. The van der Waals surface area contributed by atoms with Crippen molar-refractivity contribution in [1.82, 2.24) is 0 Å². The summed E-state index contributed by atoms with van der Waals surface area (Å²) in [6.45, 7) is 1.42. The molecule has 0 radical (unpaired) electrons.